The lowest BCUT2D eigenvalue weighted by atomic mass is 9.90. The van der Waals surface area contributed by atoms with Crippen LogP contribution in [0, 0.1) is 0 Å². The molecule has 1 atom stereocenters. The highest BCUT2D eigenvalue weighted by atomic mass is 16.5. The number of aromatic hydroxyl groups is 2. The van der Waals surface area contributed by atoms with Gasteiger partial charge in [0, 0.05) is 5.56 Å². The number of methoxy groups -OCH3 is 1. The molecule has 0 amide bonds. The lowest BCUT2D eigenvalue weighted by molar-refractivity contribution is 0.373. The molecule has 0 aromatic heterocycles. The van der Waals surface area contributed by atoms with Gasteiger partial charge in [0.15, 0.2) is 11.5 Å². The number of rotatable bonds is 4. The zero-order valence-electron chi connectivity index (χ0n) is 13.6. The standard InChI is InChI=1S/C20H22O3/c1-12(2)15-7-8-17(21)20-14(5-6-16(15)20)10-13-4-9-19(23-3)18(22)11-13/h4,7-9,11,14,21-22H,1,5-6,10H2,2-3H3. The van der Waals surface area contributed by atoms with E-state index in [9.17, 15) is 10.2 Å². The van der Waals surface area contributed by atoms with Gasteiger partial charge in [-0.15, -0.1) is 0 Å². The minimum atomic E-state index is 0.156. The molecule has 3 heteroatoms. The third-order valence-electron chi connectivity index (χ3n) is 4.67. The Hall–Kier alpha value is -2.42. The number of phenolic OH excluding ortho intramolecular Hbond substituents is 2. The molecule has 0 fully saturated rings. The average molecular weight is 310 g/mol. The number of fused-ring (bicyclic) bond motifs is 1. The van der Waals surface area contributed by atoms with E-state index in [0.29, 0.717) is 11.5 Å². The topological polar surface area (TPSA) is 49.7 Å². The van der Waals surface area contributed by atoms with Crippen molar-refractivity contribution in [3.63, 3.8) is 0 Å². The van der Waals surface area contributed by atoms with Gasteiger partial charge in [0.25, 0.3) is 0 Å². The van der Waals surface area contributed by atoms with Crippen molar-refractivity contribution < 1.29 is 14.9 Å². The van der Waals surface area contributed by atoms with Crippen molar-refractivity contribution in [2.45, 2.75) is 32.1 Å². The maximum absolute atomic E-state index is 10.3. The van der Waals surface area contributed by atoms with Gasteiger partial charge in [-0.1, -0.05) is 24.3 Å². The molecule has 3 nitrogen and oxygen atoms in total. The zero-order valence-corrected chi connectivity index (χ0v) is 13.6. The summed E-state index contributed by atoms with van der Waals surface area (Å²) in [6.45, 7) is 6.05. The van der Waals surface area contributed by atoms with Crippen LogP contribution in [-0.4, -0.2) is 17.3 Å². The summed E-state index contributed by atoms with van der Waals surface area (Å²) in [5.74, 6) is 1.26. The van der Waals surface area contributed by atoms with Crippen molar-refractivity contribution in [1.29, 1.82) is 0 Å². The van der Waals surface area contributed by atoms with Crippen LogP contribution in [0.2, 0.25) is 0 Å². The summed E-state index contributed by atoms with van der Waals surface area (Å²) in [5, 5.41) is 20.3. The molecule has 0 bridgehead atoms. The molecule has 2 N–H and O–H groups in total. The number of benzene rings is 2. The number of hydrogen-bond acceptors (Lipinski definition) is 3. The monoisotopic (exact) mass is 310 g/mol. The van der Waals surface area contributed by atoms with Gasteiger partial charge in [0.1, 0.15) is 5.75 Å². The Kier molecular flexibility index (Phi) is 4.03. The number of allylic oxidation sites excluding steroid dienone is 1. The second-order valence-corrected chi connectivity index (χ2v) is 6.25. The van der Waals surface area contributed by atoms with Crippen molar-refractivity contribution in [3.05, 3.63) is 59.2 Å². The SMILES string of the molecule is C=C(C)c1ccc(O)c2c1CCC2Cc1ccc(OC)c(O)c1. The smallest absolute Gasteiger partial charge is 0.160 e. The van der Waals surface area contributed by atoms with Crippen LogP contribution in [0.5, 0.6) is 17.2 Å². The van der Waals surface area contributed by atoms with E-state index in [0.717, 1.165) is 41.5 Å². The number of ether oxygens (including phenoxy) is 1. The van der Waals surface area contributed by atoms with Gasteiger partial charge in [-0.2, -0.15) is 0 Å². The molecule has 1 aliphatic rings. The van der Waals surface area contributed by atoms with Gasteiger partial charge < -0.3 is 14.9 Å². The molecule has 23 heavy (non-hydrogen) atoms. The molecule has 0 aliphatic heterocycles. The highest BCUT2D eigenvalue weighted by Gasteiger charge is 2.28. The summed E-state index contributed by atoms with van der Waals surface area (Å²) in [6, 6.07) is 9.22. The van der Waals surface area contributed by atoms with Gasteiger partial charge in [-0.3, -0.25) is 0 Å². The van der Waals surface area contributed by atoms with Crippen LogP contribution >= 0.6 is 0 Å². The average Bonchev–Trinajstić information content (AvgIpc) is 2.92. The minimum absolute atomic E-state index is 0.156. The first-order valence-electron chi connectivity index (χ1n) is 7.87. The van der Waals surface area contributed by atoms with E-state index in [1.54, 1.807) is 25.3 Å². The summed E-state index contributed by atoms with van der Waals surface area (Å²) in [6.07, 6.45) is 2.75. The molecule has 0 spiro atoms. The van der Waals surface area contributed by atoms with E-state index in [-0.39, 0.29) is 11.7 Å². The van der Waals surface area contributed by atoms with E-state index >= 15 is 0 Å². The third-order valence-corrected chi connectivity index (χ3v) is 4.67. The van der Waals surface area contributed by atoms with Crippen LogP contribution in [0.25, 0.3) is 5.57 Å². The first-order valence-corrected chi connectivity index (χ1v) is 7.87. The van der Waals surface area contributed by atoms with Crippen molar-refractivity contribution in [2.24, 2.45) is 0 Å². The molecule has 1 aliphatic carbocycles. The Labute approximate surface area is 136 Å². The van der Waals surface area contributed by atoms with Gasteiger partial charge in [0.05, 0.1) is 7.11 Å². The van der Waals surface area contributed by atoms with Crippen molar-refractivity contribution in [3.8, 4) is 17.2 Å². The van der Waals surface area contributed by atoms with Crippen LogP contribution in [0.4, 0.5) is 0 Å². The van der Waals surface area contributed by atoms with E-state index in [1.165, 1.54) is 5.56 Å². The number of hydrogen-bond donors (Lipinski definition) is 2. The predicted molar refractivity (Wildman–Crippen MR) is 92.2 cm³/mol. The van der Waals surface area contributed by atoms with Crippen LogP contribution in [0.15, 0.2) is 36.9 Å². The fraction of sp³-hybridized carbons (Fsp3) is 0.300. The Morgan fingerprint density at radius 2 is 2.00 bits per heavy atom. The molecule has 0 radical (unpaired) electrons. The van der Waals surface area contributed by atoms with Crippen LogP contribution in [-0.2, 0) is 12.8 Å². The maximum Gasteiger partial charge on any atom is 0.160 e. The van der Waals surface area contributed by atoms with Crippen LogP contribution < -0.4 is 4.74 Å². The van der Waals surface area contributed by atoms with Crippen LogP contribution in [0.1, 0.15) is 41.5 Å². The normalized spacial score (nSPS) is 16.2. The molecular weight excluding hydrogens is 288 g/mol. The summed E-state index contributed by atoms with van der Waals surface area (Å²) in [4.78, 5) is 0. The van der Waals surface area contributed by atoms with Gasteiger partial charge in [-0.05, 0) is 67.0 Å². The molecular formula is C20H22O3. The second-order valence-electron chi connectivity index (χ2n) is 6.25. The second kappa shape index (κ2) is 5.99. The molecule has 0 saturated heterocycles. The molecule has 3 rings (SSSR count). The lowest BCUT2D eigenvalue weighted by Crippen LogP contribution is -2.00. The van der Waals surface area contributed by atoms with E-state index in [2.05, 4.69) is 6.58 Å². The van der Waals surface area contributed by atoms with E-state index in [1.807, 2.05) is 19.1 Å². The highest BCUT2D eigenvalue weighted by molar-refractivity contribution is 5.69. The Morgan fingerprint density at radius 1 is 1.22 bits per heavy atom. The fourth-order valence-corrected chi connectivity index (χ4v) is 3.59. The lowest BCUT2D eigenvalue weighted by Gasteiger charge is -2.16. The number of phenols is 2. The molecule has 1 unspecified atom stereocenters. The van der Waals surface area contributed by atoms with Gasteiger partial charge in [0.2, 0.25) is 0 Å². The quantitative estimate of drug-likeness (QED) is 0.879. The summed E-state index contributed by atoms with van der Waals surface area (Å²) >= 11 is 0. The third kappa shape index (κ3) is 2.79. The van der Waals surface area contributed by atoms with E-state index < -0.39 is 0 Å². The molecule has 2 aromatic carbocycles. The zero-order chi connectivity index (χ0) is 16.6. The Morgan fingerprint density at radius 3 is 2.65 bits per heavy atom. The molecule has 0 saturated carbocycles. The van der Waals surface area contributed by atoms with Gasteiger partial charge in [-0.25, -0.2) is 0 Å². The maximum atomic E-state index is 10.3. The largest absolute Gasteiger partial charge is 0.508 e. The van der Waals surface area contributed by atoms with Crippen molar-refractivity contribution in [2.75, 3.05) is 7.11 Å². The van der Waals surface area contributed by atoms with E-state index in [4.69, 9.17) is 4.74 Å². The molecule has 120 valence electrons. The Balaban J connectivity index is 1.92. The summed E-state index contributed by atoms with van der Waals surface area (Å²) in [7, 11) is 1.54. The first-order chi connectivity index (χ1) is 11.0. The molecule has 0 heterocycles. The predicted octanol–water partition coefficient (Wildman–Crippen LogP) is 4.41. The first kappa shape index (κ1) is 15.5. The van der Waals surface area contributed by atoms with Crippen molar-refractivity contribution in [1.82, 2.24) is 0 Å². The minimum Gasteiger partial charge on any atom is -0.508 e. The summed E-state index contributed by atoms with van der Waals surface area (Å²) < 4.78 is 5.09. The fourth-order valence-electron chi connectivity index (χ4n) is 3.59. The van der Waals surface area contributed by atoms with Gasteiger partial charge >= 0.3 is 0 Å². The Bertz CT molecular complexity index is 762. The molecule has 2 aromatic rings. The van der Waals surface area contributed by atoms with Crippen LogP contribution in [0.3, 0.4) is 0 Å². The van der Waals surface area contributed by atoms with Crippen molar-refractivity contribution >= 4 is 5.57 Å². The summed E-state index contributed by atoms with van der Waals surface area (Å²) in [5.41, 5.74) is 5.49. The highest BCUT2D eigenvalue weighted by Crippen LogP contribution is 2.44.